The van der Waals surface area contributed by atoms with Gasteiger partial charge in [0.1, 0.15) is 5.69 Å². The molecule has 2 atom stereocenters. The van der Waals surface area contributed by atoms with Crippen molar-refractivity contribution in [2.75, 3.05) is 13.1 Å². The van der Waals surface area contributed by atoms with Crippen molar-refractivity contribution < 1.29 is 9.32 Å². The molecule has 0 saturated carbocycles. The van der Waals surface area contributed by atoms with E-state index >= 15 is 0 Å². The molecule has 3 heterocycles. The summed E-state index contributed by atoms with van der Waals surface area (Å²) in [5, 5.41) is 3.81. The molecule has 2 aromatic heterocycles. The first-order valence-electron chi connectivity index (χ1n) is 6.50. The topological polar surface area (TPSA) is 85.0 Å². The zero-order valence-corrected chi connectivity index (χ0v) is 11.4. The van der Waals surface area contributed by atoms with Gasteiger partial charge in [-0.25, -0.2) is 4.98 Å². The Morgan fingerprint density at radius 3 is 2.90 bits per heavy atom. The van der Waals surface area contributed by atoms with E-state index in [2.05, 4.69) is 27.0 Å². The molecule has 1 aliphatic rings. The van der Waals surface area contributed by atoms with Crippen molar-refractivity contribution in [3.63, 3.8) is 0 Å². The van der Waals surface area contributed by atoms with Crippen molar-refractivity contribution in [3.8, 4) is 0 Å². The van der Waals surface area contributed by atoms with Crippen LogP contribution in [0.5, 0.6) is 0 Å². The molecule has 0 spiro atoms. The third-order valence-electron chi connectivity index (χ3n) is 3.54. The average molecular weight is 273 g/mol. The van der Waals surface area contributed by atoms with E-state index < -0.39 is 0 Å². The quantitative estimate of drug-likeness (QED) is 0.812. The van der Waals surface area contributed by atoms with Gasteiger partial charge in [-0.15, -0.1) is 0 Å². The lowest BCUT2D eigenvalue weighted by Gasteiger charge is -2.14. The summed E-state index contributed by atoms with van der Waals surface area (Å²) in [6.07, 6.45) is 4.55. The van der Waals surface area contributed by atoms with Gasteiger partial charge in [0.2, 0.25) is 5.89 Å². The number of aryl methyl sites for hydroxylation is 1. The van der Waals surface area contributed by atoms with Crippen LogP contribution in [0.1, 0.15) is 35.0 Å². The molecule has 0 radical (unpaired) electrons. The summed E-state index contributed by atoms with van der Waals surface area (Å²) >= 11 is 0. The molecular formula is C13H15N5O2. The van der Waals surface area contributed by atoms with Crippen molar-refractivity contribution in [1.82, 2.24) is 25.0 Å². The van der Waals surface area contributed by atoms with Gasteiger partial charge in [-0.1, -0.05) is 12.1 Å². The van der Waals surface area contributed by atoms with Gasteiger partial charge in [-0.3, -0.25) is 9.78 Å². The molecule has 0 N–H and O–H groups in total. The molecular weight excluding hydrogens is 258 g/mol. The smallest absolute Gasteiger partial charge is 0.274 e. The van der Waals surface area contributed by atoms with E-state index in [0.29, 0.717) is 30.5 Å². The highest BCUT2D eigenvalue weighted by molar-refractivity contribution is 5.92. The highest BCUT2D eigenvalue weighted by atomic mass is 16.5. The van der Waals surface area contributed by atoms with Crippen LogP contribution in [0, 0.1) is 12.8 Å². The first kappa shape index (κ1) is 12.7. The summed E-state index contributed by atoms with van der Waals surface area (Å²) < 4.78 is 5.23. The molecule has 1 aliphatic heterocycles. The maximum atomic E-state index is 12.3. The molecule has 7 heteroatoms. The van der Waals surface area contributed by atoms with Crippen molar-refractivity contribution in [3.05, 3.63) is 36.0 Å². The Hall–Kier alpha value is -2.31. The second-order valence-electron chi connectivity index (χ2n) is 5.06. The second-order valence-corrected chi connectivity index (χ2v) is 5.06. The molecule has 2 aromatic rings. The van der Waals surface area contributed by atoms with Gasteiger partial charge in [-0.05, 0) is 12.8 Å². The van der Waals surface area contributed by atoms with Gasteiger partial charge in [0.15, 0.2) is 5.82 Å². The third kappa shape index (κ3) is 2.26. The minimum atomic E-state index is -0.108. The fourth-order valence-corrected chi connectivity index (χ4v) is 2.49. The summed E-state index contributed by atoms with van der Waals surface area (Å²) in [5.41, 5.74) is 0.363. The van der Waals surface area contributed by atoms with E-state index in [4.69, 9.17) is 4.52 Å². The molecule has 1 amide bonds. The minimum absolute atomic E-state index is 0.0804. The zero-order valence-electron chi connectivity index (χ0n) is 11.4. The van der Waals surface area contributed by atoms with Crippen LogP contribution in [0.4, 0.5) is 0 Å². The van der Waals surface area contributed by atoms with Gasteiger partial charge in [0.25, 0.3) is 5.91 Å². The van der Waals surface area contributed by atoms with E-state index in [1.54, 1.807) is 18.0 Å². The normalized spacial score (nSPS) is 22.2. The first-order chi connectivity index (χ1) is 9.65. The summed E-state index contributed by atoms with van der Waals surface area (Å²) in [6, 6.07) is 0. The van der Waals surface area contributed by atoms with Crippen LogP contribution in [-0.4, -0.2) is 44.0 Å². The lowest BCUT2D eigenvalue weighted by atomic mass is 9.98. The fourth-order valence-electron chi connectivity index (χ4n) is 2.49. The summed E-state index contributed by atoms with van der Waals surface area (Å²) in [4.78, 5) is 26.3. The van der Waals surface area contributed by atoms with Gasteiger partial charge in [-0.2, -0.15) is 4.98 Å². The van der Waals surface area contributed by atoms with Crippen LogP contribution < -0.4 is 0 Å². The average Bonchev–Trinajstić information content (AvgIpc) is 3.05. The number of carbonyl (C=O) groups is 1. The number of hydrogen-bond donors (Lipinski definition) is 0. The maximum absolute atomic E-state index is 12.3. The van der Waals surface area contributed by atoms with Gasteiger partial charge >= 0.3 is 0 Å². The van der Waals surface area contributed by atoms with Crippen molar-refractivity contribution in [2.45, 2.75) is 19.8 Å². The Bertz CT molecular complexity index is 612. The van der Waals surface area contributed by atoms with Gasteiger partial charge < -0.3 is 9.42 Å². The van der Waals surface area contributed by atoms with Crippen molar-refractivity contribution in [2.24, 2.45) is 5.92 Å². The highest BCUT2D eigenvalue weighted by Gasteiger charge is 2.37. The Morgan fingerprint density at radius 2 is 2.25 bits per heavy atom. The van der Waals surface area contributed by atoms with Gasteiger partial charge in [0, 0.05) is 25.5 Å². The molecule has 7 nitrogen and oxygen atoms in total. The van der Waals surface area contributed by atoms with Gasteiger partial charge in [0.05, 0.1) is 12.1 Å². The summed E-state index contributed by atoms with van der Waals surface area (Å²) in [5.74, 6) is 1.46. The van der Waals surface area contributed by atoms with Crippen LogP contribution in [0.3, 0.4) is 0 Å². The lowest BCUT2D eigenvalue weighted by Crippen LogP contribution is -2.29. The first-order valence-corrected chi connectivity index (χ1v) is 6.50. The standard InChI is InChI=1S/C13H15N5O2/c1-8-6-18(13(19)11-5-14-3-4-15-11)7-10(8)12-16-9(2)17-20-12/h3-5,8,10H,6-7H2,1-2H3/t8-,10-/m1/s1. The minimum Gasteiger partial charge on any atom is -0.339 e. The number of carbonyl (C=O) groups excluding carboxylic acids is 1. The Balaban J connectivity index is 1.77. The largest absolute Gasteiger partial charge is 0.339 e. The number of rotatable bonds is 2. The summed E-state index contributed by atoms with van der Waals surface area (Å²) in [7, 11) is 0. The predicted molar refractivity (Wildman–Crippen MR) is 68.9 cm³/mol. The maximum Gasteiger partial charge on any atom is 0.274 e. The zero-order chi connectivity index (χ0) is 14.1. The Labute approximate surface area is 116 Å². The monoisotopic (exact) mass is 273 g/mol. The van der Waals surface area contributed by atoms with Crippen LogP contribution in [0.15, 0.2) is 23.1 Å². The number of nitrogens with zero attached hydrogens (tertiary/aromatic N) is 5. The molecule has 0 unspecified atom stereocenters. The van der Waals surface area contributed by atoms with E-state index in [1.165, 1.54) is 12.4 Å². The SMILES string of the molecule is Cc1noc([C@@H]2CN(C(=O)c3cnccn3)C[C@H]2C)n1. The van der Waals surface area contributed by atoms with E-state index in [1.807, 2.05) is 0 Å². The molecule has 3 rings (SSSR count). The molecule has 0 aromatic carbocycles. The Kier molecular flexibility index (Phi) is 3.17. The van der Waals surface area contributed by atoms with E-state index in [-0.39, 0.29) is 17.7 Å². The molecule has 0 aliphatic carbocycles. The second kappa shape index (κ2) is 4.99. The molecule has 104 valence electrons. The third-order valence-corrected chi connectivity index (χ3v) is 3.54. The lowest BCUT2D eigenvalue weighted by molar-refractivity contribution is 0.0779. The number of aromatic nitrogens is 4. The van der Waals surface area contributed by atoms with Crippen LogP contribution in [0.25, 0.3) is 0 Å². The van der Waals surface area contributed by atoms with Crippen molar-refractivity contribution >= 4 is 5.91 Å². The van der Waals surface area contributed by atoms with Crippen LogP contribution in [-0.2, 0) is 0 Å². The van der Waals surface area contributed by atoms with Crippen molar-refractivity contribution in [1.29, 1.82) is 0 Å². The number of likely N-dealkylation sites (tertiary alicyclic amines) is 1. The number of hydrogen-bond acceptors (Lipinski definition) is 6. The van der Waals surface area contributed by atoms with E-state index in [9.17, 15) is 4.79 Å². The highest BCUT2D eigenvalue weighted by Crippen LogP contribution is 2.31. The predicted octanol–water partition coefficient (Wildman–Crippen LogP) is 1.04. The van der Waals surface area contributed by atoms with Crippen LogP contribution in [0.2, 0.25) is 0 Å². The summed E-state index contributed by atoms with van der Waals surface area (Å²) in [6.45, 7) is 5.09. The molecule has 1 saturated heterocycles. The Morgan fingerprint density at radius 1 is 1.40 bits per heavy atom. The molecule has 0 bridgehead atoms. The molecule has 20 heavy (non-hydrogen) atoms. The van der Waals surface area contributed by atoms with E-state index in [0.717, 1.165) is 0 Å². The molecule has 1 fully saturated rings. The number of amides is 1. The fraction of sp³-hybridized carbons (Fsp3) is 0.462. The van der Waals surface area contributed by atoms with Crippen LogP contribution >= 0.6 is 0 Å².